The van der Waals surface area contributed by atoms with Gasteiger partial charge in [-0.3, -0.25) is 0 Å². The summed E-state index contributed by atoms with van der Waals surface area (Å²) in [5.74, 6) is -1.67. The lowest BCUT2D eigenvalue weighted by atomic mass is 10.2. The molecule has 0 spiro atoms. The Labute approximate surface area is 109 Å². The van der Waals surface area contributed by atoms with Gasteiger partial charge in [-0.1, -0.05) is 13.8 Å². The number of hydrogen-bond donors (Lipinski definition) is 0. The summed E-state index contributed by atoms with van der Waals surface area (Å²) >= 11 is 0. The molecule has 0 aliphatic rings. The highest BCUT2D eigenvalue weighted by atomic mass is 35.7. The molecule has 0 amide bonds. The Bertz CT molecular complexity index is 554. The Hall–Kier alpha value is -1.14. The van der Waals surface area contributed by atoms with E-state index >= 15 is 0 Å². The highest BCUT2D eigenvalue weighted by Gasteiger charge is 2.18. The van der Waals surface area contributed by atoms with E-state index in [1.165, 1.54) is 0 Å². The summed E-state index contributed by atoms with van der Waals surface area (Å²) in [5, 5.41) is 0. The Morgan fingerprint density at radius 1 is 1.44 bits per heavy atom. The molecule has 4 nitrogen and oxygen atoms in total. The third-order valence-electron chi connectivity index (χ3n) is 1.99. The fourth-order valence-electron chi connectivity index (χ4n) is 1.13. The second-order valence-electron chi connectivity index (χ2n) is 4.07. The molecular weight excluding hydrogens is 283 g/mol. The van der Waals surface area contributed by atoms with Crippen LogP contribution in [0, 0.1) is 11.7 Å². The first-order chi connectivity index (χ1) is 8.21. The number of rotatable bonds is 4. The van der Waals surface area contributed by atoms with Crippen molar-refractivity contribution in [2.24, 2.45) is 5.92 Å². The van der Waals surface area contributed by atoms with Gasteiger partial charge < -0.3 is 4.74 Å². The summed E-state index contributed by atoms with van der Waals surface area (Å²) in [7, 11) is 1.10. The molecule has 100 valence electrons. The molecule has 0 N–H and O–H groups in total. The van der Waals surface area contributed by atoms with Gasteiger partial charge in [0, 0.05) is 10.7 Å². The molecule has 0 saturated carbocycles. The average Bonchev–Trinajstić information content (AvgIpc) is 2.24. The SMILES string of the molecule is CC(C)COC(=O)c1cc(S(=O)(=O)Cl)ccc1F. The normalized spacial score (nSPS) is 11.6. The molecule has 0 heterocycles. The van der Waals surface area contributed by atoms with Crippen LogP contribution in [-0.2, 0) is 13.8 Å². The molecule has 1 rings (SSSR count). The largest absolute Gasteiger partial charge is 0.462 e. The lowest BCUT2D eigenvalue weighted by Gasteiger charge is -2.08. The molecule has 1 aromatic carbocycles. The summed E-state index contributed by atoms with van der Waals surface area (Å²) in [5.41, 5.74) is -0.447. The number of carbonyl (C=O) groups is 1. The fraction of sp³-hybridized carbons (Fsp3) is 0.364. The standard InChI is InChI=1S/C11H12ClFO4S/c1-7(2)6-17-11(14)9-5-8(18(12,15)16)3-4-10(9)13/h3-5,7H,6H2,1-2H3. The van der Waals surface area contributed by atoms with E-state index in [1.807, 2.05) is 13.8 Å². The zero-order valence-corrected chi connectivity index (χ0v) is 11.4. The zero-order valence-electron chi connectivity index (χ0n) is 9.81. The smallest absolute Gasteiger partial charge is 0.341 e. The van der Waals surface area contributed by atoms with E-state index in [9.17, 15) is 17.6 Å². The van der Waals surface area contributed by atoms with Crippen LogP contribution in [0.4, 0.5) is 4.39 Å². The minimum atomic E-state index is -4.01. The first kappa shape index (κ1) is 14.9. The number of ether oxygens (including phenoxy) is 1. The molecule has 0 bridgehead atoms. The van der Waals surface area contributed by atoms with Gasteiger partial charge in [0.25, 0.3) is 9.05 Å². The van der Waals surface area contributed by atoms with Crippen LogP contribution in [0.15, 0.2) is 23.1 Å². The number of esters is 1. The van der Waals surface area contributed by atoms with Gasteiger partial charge in [0.15, 0.2) is 0 Å². The van der Waals surface area contributed by atoms with E-state index < -0.39 is 26.4 Å². The number of halogens is 2. The van der Waals surface area contributed by atoms with Gasteiger partial charge >= 0.3 is 5.97 Å². The Balaban J connectivity index is 3.05. The molecule has 0 aromatic heterocycles. The summed E-state index contributed by atoms with van der Waals surface area (Å²) in [6, 6.07) is 2.71. The summed E-state index contributed by atoms with van der Waals surface area (Å²) in [6.07, 6.45) is 0. The van der Waals surface area contributed by atoms with Crippen molar-refractivity contribution in [1.82, 2.24) is 0 Å². The summed E-state index contributed by atoms with van der Waals surface area (Å²) in [4.78, 5) is 11.2. The molecule has 0 radical (unpaired) electrons. The summed E-state index contributed by atoms with van der Waals surface area (Å²) < 4.78 is 40.4. The van der Waals surface area contributed by atoms with Crippen molar-refractivity contribution >= 4 is 25.7 Å². The van der Waals surface area contributed by atoms with Crippen molar-refractivity contribution < 1.29 is 22.3 Å². The van der Waals surface area contributed by atoms with E-state index in [2.05, 4.69) is 0 Å². The maximum Gasteiger partial charge on any atom is 0.341 e. The van der Waals surface area contributed by atoms with E-state index in [0.717, 1.165) is 18.2 Å². The Morgan fingerprint density at radius 3 is 2.56 bits per heavy atom. The molecule has 7 heteroatoms. The lowest BCUT2D eigenvalue weighted by molar-refractivity contribution is 0.0453. The van der Waals surface area contributed by atoms with E-state index in [-0.39, 0.29) is 17.4 Å². The minimum absolute atomic E-state index is 0.0944. The van der Waals surface area contributed by atoms with E-state index in [0.29, 0.717) is 0 Å². The third kappa shape index (κ3) is 3.96. The molecule has 0 aliphatic carbocycles. The van der Waals surface area contributed by atoms with Gasteiger partial charge in [-0.2, -0.15) is 0 Å². The molecule has 0 atom stereocenters. The molecule has 0 aliphatic heterocycles. The lowest BCUT2D eigenvalue weighted by Crippen LogP contribution is -2.12. The Kier molecular flexibility index (Phi) is 4.70. The predicted molar refractivity (Wildman–Crippen MR) is 64.6 cm³/mol. The van der Waals surface area contributed by atoms with Gasteiger partial charge in [-0.05, 0) is 24.1 Å². The van der Waals surface area contributed by atoms with Crippen molar-refractivity contribution in [3.8, 4) is 0 Å². The molecule has 0 saturated heterocycles. The van der Waals surface area contributed by atoms with Gasteiger partial charge in [-0.25, -0.2) is 17.6 Å². The molecule has 18 heavy (non-hydrogen) atoms. The topological polar surface area (TPSA) is 60.4 Å². The third-order valence-corrected chi connectivity index (χ3v) is 3.34. The molecule has 0 unspecified atom stereocenters. The number of carbonyl (C=O) groups excluding carboxylic acids is 1. The zero-order chi connectivity index (χ0) is 13.9. The predicted octanol–water partition coefficient (Wildman–Crippen LogP) is 2.57. The highest BCUT2D eigenvalue weighted by molar-refractivity contribution is 8.13. The quantitative estimate of drug-likeness (QED) is 0.632. The van der Waals surface area contributed by atoms with Crippen molar-refractivity contribution in [1.29, 1.82) is 0 Å². The molecule has 1 aromatic rings. The van der Waals surface area contributed by atoms with Gasteiger partial charge in [0.05, 0.1) is 17.1 Å². The van der Waals surface area contributed by atoms with Gasteiger partial charge in [0.2, 0.25) is 0 Å². The minimum Gasteiger partial charge on any atom is -0.462 e. The van der Waals surface area contributed by atoms with Crippen molar-refractivity contribution in [2.75, 3.05) is 6.61 Å². The van der Waals surface area contributed by atoms with Crippen LogP contribution in [0.1, 0.15) is 24.2 Å². The summed E-state index contributed by atoms with van der Waals surface area (Å²) in [6.45, 7) is 3.77. The number of benzene rings is 1. The highest BCUT2D eigenvalue weighted by Crippen LogP contribution is 2.19. The van der Waals surface area contributed by atoms with E-state index in [1.54, 1.807) is 0 Å². The van der Waals surface area contributed by atoms with Crippen LogP contribution >= 0.6 is 10.7 Å². The average molecular weight is 295 g/mol. The molecular formula is C11H12ClFO4S. The van der Waals surface area contributed by atoms with Crippen LogP contribution in [0.5, 0.6) is 0 Å². The first-order valence-corrected chi connectivity index (χ1v) is 7.44. The van der Waals surface area contributed by atoms with Crippen LogP contribution in [0.3, 0.4) is 0 Å². The van der Waals surface area contributed by atoms with Gasteiger partial charge in [-0.15, -0.1) is 0 Å². The monoisotopic (exact) mass is 294 g/mol. The van der Waals surface area contributed by atoms with Crippen LogP contribution in [0.2, 0.25) is 0 Å². The fourth-order valence-corrected chi connectivity index (χ4v) is 1.91. The Morgan fingerprint density at radius 2 is 2.06 bits per heavy atom. The maximum absolute atomic E-state index is 13.4. The van der Waals surface area contributed by atoms with Crippen LogP contribution < -0.4 is 0 Å². The second kappa shape index (κ2) is 5.67. The van der Waals surface area contributed by atoms with Crippen LogP contribution in [-0.4, -0.2) is 21.0 Å². The van der Waals surface area contributed by atoms with E-state index in [4.69, 9.17) is 15.4 Å². The van der Waals surface area contributed by atoms with Crippen molar-refractivity contribution in [2.45, 2.75) is 18.7 Å². The molecule has 0 fully saturated rings. The first-order valence-electron chi connectivity index (χ1n) is 5.13. The number of hydrogen-bond acceptors (Lipinski definition) is 4. The van der Waals surface area contributed by atoms with Crippen molar-refractivity contribution in [3.63, 3.8) is 0 Å². The van der Waals surface area contributed by atoms with Crippen molar-refractivity contribution in [3.05, 3.63) is 29.6 Å². The second-order valence-corrected chi connectivity index (χ2v) is 6.64. The van der Waals surface area contributed by atoms with Crippen LogP contribution in [0.25, 0.3) is 0 Å². The van der Waals surface area contributed by atoms with Gasteiger partial charge in [0.1, 0.15) is 5.82 Å². The maximum atomic E-state index is 13.4.